The van der Waals surface area contributed by atoms with Crippen LogP contribution in [0.3, 0.4) is 0 Å². The lowest BCUT2D eigenvalue weighted by atomic mass is 10.0. The van der Waals surface area contributed by atoms with Gasteiger partial charge in [-0.3, -0.25) is 19.2 Å². The van der Waals surface area contributed by atoms with Crippen LogP contribution in [0, 0.1) is 5.92 Å². The summed E-state index contributed by atoms with van der Waals surface area (Å²) in [6.07, 6.45) is 4.83. The van der Waals surface area contributed by atoms with Crippen molar-refractivity contribution in [2.75, 3.05) is 13.1 Å². The fourth-order valence-electron chi connectivity index (χ4n) is 4.87. The summed E-state index contributed by atoms with van der Waals surface area (Å²) in [4.78, 5) is 63.2. The van der Waals surface area contributed by atoms with Gasteiger partial charge in [0.2, 0.25) is 11.8 Å². The Kier molecular flexibility index (Phi) is 9.17. The third-order valence-electron chi connectivity index (χ3n) is 7.11. The van der Waals surface area contributed by atoms with E-state index in [9.17, 15) is 19.2 Å². The lowest BCUT2D eigenvalue weighted by Gasteiger charge is -2.23. The molecule has 0 saturated carbocycles. The maximum Gasteiger partial charge on any atom is 0.274 e. The van der Waals surface area contributed by atoms with Crippen LogP contribution in [0.15, 0.2) is 64.1 Å². The fourth-order valence-corrected chi connectivity index (χ4v) is 4.87. The van der Waals surface area contributed by atoms with Gasteiger partial charge in [-0.1, -0.05) is 49.3 Å². The molecule has 4 aromatic rings. The van der Waals surface area contributed by atoms with Gasteiger partial charge in [0, 0.05) is 32.6 Å². The van der Waals surface area contributed by atoms with Crippen LogP contribution in [0.5, 0.6) is 0 Å². The van der Waals surface area contributed by atoms with Gasteiger partial charge in [-0.05, 0) is 17.9 Å². The Bertz CT molecular complexity index is 1620. The van der Waals surface area contributed by atoms with Crippen LogP contribution < -0.4 is 16.0 Å². The van der Waals surface area contributed by atoms with Crippen molar-refractivity contribution in [1.82, 2.24) is 40.5 Å². The molecule has 3 aromatic heterocycles. The average Bonchev–Trinajstić information content (AvgIpc) is 3.77. The summed E-state index contributed by atoms with van der Waals surface area (Å²) >= 11 is 0. The van der Waals surface area contributed by atoms with Gasteiger partial charge >= 0.3 is 0 Å². The quantitative estimate of drug-likeness (QED) is 0.308. The predicted octanol–water partition coefficient (Wildman–Crippen LogP) is 2.03. The van der Waals surface area contributed by atoms with Gasteiger partial charge in [0.25, 0.3) is 17.7 Å². The molecule has 14 nitrogen and oxygen atoms in total. The molecule has 230 valence electrons. The summed E-state index contributed by atoms with van der Waals surface area (Å²) in [5.41, 5.74) is 1.13. The zero-order valence-corrected chi connectivity index (χ0v) is 24.6. The van der Waals surface area contributed by atoms with E-state index in [1.54, 1.807) is 11.6 Å². The van der Waals surface area contributed by atoms with Crippen molar-refractivity contribution in [3.05, 3.63) is 89.5 Å². The standard InChI is InChI=1S/C30H34N8O6/c1-18(2)11-23-29-35-24(16-43-29)28(41)33-21(12-19-7-5-4-6-8-19)26(39)32-9-10-38(30(42)25-14-31-17-37(25)3)15-20-13-22(36-44-20)27(40)34-23/h4-8,13-14,16-18,21,23H,9-12,15H2,1-3H3,(H,32,39)(H,33,41)(H,34,40)/t21-,23+/m0/s1. The summed E-state index contributed by atoms with van der Waals surface area (Å²) in [5.74, 6) is -1.39. The zero-order chi connectivity index (χ0) is 31.2. The Morgan fingerprint density at radius 1 is 1.07 bits per heavy atom. The number of aryl methyl sites for hydroxylation is 1. The Hall–Kier alpha value is -5.27. The molecule has 3 N–H and O–H groups in total. The van der Waals surface area contributed by atoms with Gasteiger partial charge in [0.15, 0.2) is 17.1 Å². The molecule has 44 heavy (non-hydrogen) atoms. The molecule has 2 atom stereocenters. The van der Waals surface area contributed by atoms with Crippen molar-refractivity contribution in [2.24, 2.45) is 13.0 Å². The topological polar surface area (TPSA) is 177 Å². The first-order valence-corrected chi connectivity index (χ1v) is 14.3. The van der Waals surface area contributed by atoms with E-state index in [-0.39, 0.29) is 60.9 Å². The molecule has 1 aliphatic rings. The highest BCUT2D eigenvalue weighted by molar-refractivity contribution is 5.96. The number of fused-ring (bicyclic) bond motifs is 4. The molecule has 0 radical (unpaired) electrons. The minimum absolute atomic E-state index is 0.00406. The molecule has 4 heterocycles. The van der Waals surface area contributed by atoms with Gasteiger partial charge < -0.3 is 34.4 Å². The van der Waals surface area contributed by atoms with Gasteiger partial charge in [-0.2, -0.15) is 0 Å². The number of hydrogen-bond donors (Lipinski definition) is 3. The third kappa shape index (κ3) is 7.19. The smallest absolute Gasteiger partial charge is 0.274 e. The lowest BCUT2D eigenvalue weighted by molar-refractivity contribution is -0.123. The molecule has 4 bridgehead atoms. The maximum atomic E-state index is 13.5. The Labute approximate surface area is 253 Å². The molecular formula is C30H34N8O6. The lowest BCUT2D eigenvalue weighted by Crippen LogP contribution is -2.49. The van der Waals surface area contributed by atoms with E-state index >= 15 is 0 Å². The Balaban J connectivity index is 1.47. The second-order valence-corrected chi connectivity index (χ2v) is 11.0. The van der Waals surface area contributed by atoms with Crippen molar-refractivity contribution in [1.29, 1.82) is 0 Å². The molecule has 1 aromatic carbocycles. The number of imidazole rings is 1. The Morgan fingerprint density at radius 3 is 2.55 bits per heavy atom. The van der Waals surface area contributed by atoms with E-state index in [1.165, 1.54) is 29.8 Å². The second-order valence-electron chi connectivity index (χ2n) is 11.0. The van der Waals surface area contributed by atoms with E-state index in [2.05, 4.69) is 31.1 Å². The largest absolute Gasteiger partial charge is 0.446 e. The highest BCUT2D eigenvalue weighted by Crippen LogP contribution is 2.22. The van der Waals surface area contributed by atoms with Crippen LogP contribution in [-0.4, -0.2) is 67.4 Å². The van der Waals surface area contributed by atoms with Crippen molar-refractivity contribution < 1.29 is 28.1 Å². The number of carbonyl (C=O) groups is 4. The van der Waals surface area contributed by atoms with Crippen LogP contribution in [-0.2, 0) is 24.8 Å². The minimum atomic E-state index is -0.951. The molecule has 4 amide bonds. The van der Waals surface area contributed by atoms with E-state index in [0.717, 1.165) is 5.56 Å². The maximum absolute atomic E-state index is 13.5. The highest BCUT2D eigenvalue weighted by atomic mass is 16.5. The average molecular weight is 603 g/mol. The molecular weight excluding hydrogens is 568 g/mol. The number of carbonyl (C=O) groups excluding carboxylic acids is 4. The molecule has 0 unspecified atom stereocenters. The van der Waals surface area contributed by atoms with E-state index in [1.807, 2.05) is 44.2 Å². The summed E-state index contributed by atoms with van der Waals surface area (Å²) in [7, 11) is 1.70. The summed E-state index contributed by atoms with van der Waals surface area (Å²) in [6.45, 7) is 4.08. The summed E-state index contributed by atoms with van der Waals surface area (Å²) in [6, 6.07) is 9.11. The fraction of sp³-hybridized carbons (Fsp3) is 0.367. The van der Waals surface area contributed by atoms with Crippen molar-refractivity contribution in [3.63, 3.8) is 0 Å². The molecule has 0 saturated heterocycles. The number of benzene rings is 1. The SMILES string of the molecule is CC(C)C[C@H]1NC(=O)c2cc(on2)CN(C(=O)c2cncn2C)CCNC(=O)[C@H](Cc2ccccc2)NC(=O)c2coc1n2. The van der Waals surface area contributed by atoms with Gasteiger partial charge in [-0.25, -0.2) is 9.97 Å². The number of oxazole rings is 1. The van der Waals surface area contributed by atoms with Crippen LogP contribution >= 0.6 is 0 Å². The number of hydrogen-bond acceptors (Lipinski definition) is 9. The second kappa shape index (κ2) is 13.4. The number of aromatic nitrogens is 4. The zero-order valence-electron chi connectivity index (χ0n) is 24.6. The first-order chi connectivity index (χ1) is 21.2. The van der Waals surface area contributed by atoms with E-state index in [4.69, 9.17) is 8.94 Å². The van der Waals surface area contributed by atoms with Crippen molar-refractivity contribution in [2.45, 2.75) is 45.3 Å². The highest BCUT2D eigenvalue weighted by Gasteiger charge is 2.29. The van der Waals surface area contributed by atoms with Crippen LogP contribution in [0.25, 0.3) is 0 Å². The van der Waals surface area contributed by atoms with Crippen LogP contribution in [0.1, 0.15) is 75.0 Å². The molecule has 0 spiro atoms. The third-order valence-corrected chi connectivity index (χ3v) is 7.11. The first-order valence-electron chi connectivity index (χ1n) is 14.3. The normalized spacial score (nSPS) is 18.3. The predicted molar refractivity (Wildman–Crippen MR) is 155 cm³/mol. The van der Waals surface area contributed by atoms with Crippen molar-refractivity contribution in [3.8, 4) is 0 Å². The molecule has 0 fully saturated rings. The van der Waals surface area contributed by atoms with Crippen molar-refractivity contribution >= 4 is 23.6 Å². The van der Waals surface area contributed by atoms with Crippen LogP contribution in [0.4, 0.5) is 0 Å². The minimum Gasteiger partial charge on any atom is -0.446 e. The monoisotopic (exact) mass is 602 g/mol. The van der Waals surface area contributed by atoms with E-state index in [0.29, 0.717) is 12.1 Å². The molecule has 5 rings (SSSR count). The number of nitrogens with zero attached hydrogens (tertiary/aromatic N) is 5. The van der Waals surface area contributed by atoms with Crippen LogP contribution in [0.2, 0.25) is 0 Å². The van der Waals surface area contributed by atoms with Gasteiger partial charge in [0.1, 0.15) is 24.0 Å². The van der Waals surface area contributed by atoms with E-state index < -0.39 is 29.8 Å². The summed E-state index contributed by atoms with van der Waals surface area (Å²) < 4.78 is 12.7. The number of amides is 4. The Morgan fingerprint density at radius 2 is 1.82 bits per heavy atom. The number of nitrogens with one attached hydrogen (secondary N) is 3. The van der Waals surface area contributed by atoms with Gasteiger partial charge in [0.05, 0.1) is 19.1 Å². The van der Waals surface area contributed by atoms with Gasteiger partial charge in [-0.15, -0.1) is 0 Å². The number of rotatable bonds is 5. The summed E-state index contributed by atoms with van der Waals surface area (Å²) in [5, 5.41) is 12.4. The molecule has 1 aliphatic heterocycles. The first kappa shape index (κ1) is 30.2. The molecule has 14 heteroatoms. The molecule has 0 aliphatic carbocycles.